The first kappa shape index (κ1) is 35.3. The predicted octanol–water partition coefficient (Wildman–Crippen LogP) is 5.90. The van der Waals surface area contributed by atoms with Crippen molar-refractivity contribution in [3.63, 3.8) is 0 Å². The van der Waals surface area contributed by atoms with Gasteiger partial charge in [-0.2, -0.15) is 0 Å². The second kappa shape index (κ2) is 18.6. The summed E-state index contributed by atoms with van der Waals surface area (Å²) in [6.45, 7) is 18.7. The number of hydrogen-bond donors (Lipinski definition) is 1. The Morgan fingerprint density at radius 2 is 1.73 bits per heavy atom. The van der Waals surface area contributed by atoms with Gasteiger partial charge in [0.2, 0.25) is 0 Å². The van der Waals surface area contributed by atoms with Gasteiger partial charge in [-0.3, -0.25) is 0 Å². The smallest absolute Gasteiger partial charge is 0.408 e. The van der Waals surface area contributed by atoms with E-state index in [0.29, 0.717) is 32.2 Å². The lowest BCUT2D eigenvalue weighted by Crippen LogP contribution is -2.46. The number of carbonyl (C=O) groups is 2. The van der Waals surface area contributed by atoms with Crippen LogP contribution in [0.4, 0.5) is 4.79 Å². The molecule has 226 valence electrons. The van der Waals surface area contributed by atoms with E-state index >= 15 is 0 Å². The summed E-state index contributed by atoms with van der Waals surface area (Å²) in [6.07, 6.45) is 4.14. The first-order chi connectivity index (χ1) is 18.9. The summed E-state index contributed by atoms with van der Waals surface area (Å²) >= 11 is 0. The lowest BCUT2D eigenvalue weighted by Gasteiger charge is -2.33. The highest BCUT2D eigenvalue weighted by Gasteiger charge is 2.30. The van der Waals surface area contributed by atoms with Crippen LogP contribution in [0.15, 0.2) is 54.6 Å². The molecule has 0 aromatic heterocycles. The number of esters is 1. The number of hydrogen-bond acceptors (Lipinski definition) is 7. The molecule has 1 rings (SSSR count). The fourth-order valence-corrected chi connectivity index (χ4v) is 4.04. The molecule has 1 N–H and O–H groups in total. The molecule has 0 unspecified atom stereocenters. The Morgan fingerprint density at radius 1 is 1.05 bits per heavy atom. The van der Waals surface area contributed by atoms with E-state index in [1.807, 2.05) is 38.1 Å². The van der Waals surface area contributed by atoms with Crippen molar-refractivity contribution in [2.45, 2.75) is 85.2 Å². The third kappa shape index (κ3) is 14.6. The summed E-state index contributed by atoms with van der Waals surface area (Å²) in [5.74, 6) is -0.166. The summed E-state index contributed by atoms with van der Waals surface area (Å²) in [6, 6.07) is 9.27. The van der Waals surface area contributed by atoms with Crippen molar-refractivity contribution in [1.29, 1.82) is 0 Å². The molecule has 0 aliphatic carbocycles. The molecule has 0 heterocycles. The molecule has 0 saturated heterocycles. The quantitative estimate of drug-likeness (QED) is 0.136. The van der Waals surface area contributed by atoms with Gasteiger partial charge in [-0.05, 0) is 70.4 Å². The molecule has 0 radical (unpaired) electrons. The van der Waals surface area contributed by atoms with Crippen molar-refractivity contribution < 1.29 is 33.3 Å². The van der Waals surface area contributed by atoms with Crippen LogP contribution in [0.2, 0.25) is 0 Å². The fourth-order valence-electron chi connectivity index (χ4n) is 4.04. The minimum absolute atomic E-state index is 0.0441. The molecule has 0 fully saturated rings. The summed E-state index contributed by atoms with van der Waals surface area (Å²) < 4.78 is 28.8. The highest BCUT2D eigenvalue weighted by atomic mass is 16.6. The van der Waals surface area contributed by atoms with E-state index in [0.717, 1.165) is 12.0 Å². The van der Waals surface area contributed by atoms with Gasteiger partial charge >= 0.3 is 12.1 Å². The lowest BCUT2D eigenvalue weighted by molar-refractivity contribution is -0.145. The van der Waals surface area contributed by atoms with E-state index in [2.05, 4.69) is 37.9 Å². The van der Waals surface area contributed by atoms with Gasteiger partial charge in [-0.1, -0.05) is 62.9 Å². The Hall–Kier alpha value is -2.68. The first-order valence-corrected chi connectivity index (χ1v) is 14.1. The summed E-state index contributed by atoms with van der Waals surface area (Å²) in [4.78, 5) is 24.5. The first-order valence-electron chi connectivity index (χ1n) is 14.1. The zero-order valence-electron chi connectivity index (χ0n) is 25.7. The van der Waals surface area contributed by atoms with E-state index in [1.54, 1.807) is 26.8 Å². The Bertz CT molecular complexity index is 908. The van der Waals surface area contributed by atoms with Crippen molar-refractivity contribution in [2.24, 2.45) is 11.8 Å². The van der Waals surface area contributed by atoms with Crippen molar-refractivity contribution >= 4 is 12.1 Å². The van der Waals surface area contributed by atoms with Crippen LogP contribution in [0, 0.1) is 11.8 Å². The molecule has 8 nitrogen and oxygen atoms in total. The molecule has 0 aliphatic rings. The van der Waals surface area contributed by atoms with Gasteiger partial charge in [0.1, 0.15) is 5.60 Å². The van der Waals surface area contributed by atoms with E-state index in [9.17, 15) is 9.59 Å². The maximum Gasteiger partial charge on any atom is 0.408 e. The van der Waals surface area contributed by atoms with Gasteiger partial charge in [-0.25, -0.2) is 9.59 Å². The minimum Gasteiger partial charge on any atom is -0.467 e. The zero-order valence-corrected chi connectivity index (χ0v) is 25.7. The molecule has 0 bridgehead atoms. The molecule has 8 heteroatoms. The van der Waals surface area contributed by atoms with E-state index in [-0.39, 0.29) is 24.7 Å². The lowest BCUT2D eigenvalue weighted by atomic mass is 9.88. The summed E-state index contributed by atoms with van der Waals surface area (Å²) in [5, 5.41) is 2.55. The maximum absolute atomic E-state index is 12.3. The van der Waals surface area contributed by atoms with Crippen molar-refractivity contribution in [1.82, 2.24) is 5.32 Å². The molecule has 40 heavy (non-hydrogen) atoms. The standard InChI is InChI=1S/C32H51NO7/c1-10-25(11-2)21-38-24(5)29(39-20-23(3)4)27(19-26-15-13-12-14-16-26)17-18-37-22-28(30(34)36-9)33-31(35)40-32(6,7)8/h10-16,23-24,27-29H,1,17-22H2,2-9H3,(H,33,35)/b25-11+/t24-,27+,28-,29-/m0/s1. The molecular weight excluding hydrogens is 510 g/mol. The second-order valence-corrected chi connectivity index (χ2v) is 11.3. The summed E-state index contributed by atoms with van der Waals surface area (Å²) in [7, 11) is 1.27. The maximum atomic E-state index is 12.3. The van der Waals surface area contributed by atoms with Crippen LogP contribution in [0.25, 0.3) is 0 Å². The number of carbonyl (C=O) groups excluding carboxylic acids is 2. The average Bonchev–Trinajstić information content (AvgIpc) is 2.89. The number of alkyl carbamates (subject to hydrolysis) is 1. The number of allylic oxidation sites excluding steroid dienone is 1. The number of rotatable bonds is 18. The molecule has 1 aromatic rings. The SMILES string of the molecule is C=C/C(=C\C)CO[C@@H](C)[C@H](OCC(C)C)[C@H](CCOC[C@H](NC(=O)OC(C)(C)C)C(=O)OC)Cc1ccccc1. The van der Waals surface area contributed by atoms with Gasteiger partial charge in [0.05, 0.1) is 32.5 Å². The molecule has 1 aromatic carbocycles. The number of amides is 1. The fraction of sp³-hybridized carbons (Fsp3) is 0.625. The third-order valence-electron chi connectivity index (χ3n) is 6.13. The van der Waals surface area contributed by atoms with Gasteiger partial charge in [0.25, 0.3) is 0 Å². The number of nitrogens with one attached hydrogen (secondary N) is 1. The highest BCUT2D eigenvalue weighted by Crippen LogP contribution is 2.24. The minimum atomic E-state index is -0.985. The van der Waals surface area contributed by atoms with Gasteiger partial charge in [-0.15, -0.1) is 0 Å². The van der Waals surface area contributed by atoms with Crippen molar-refractivity contribution in [2.75, 3.05) is 33.5 Å². The Kier molecular flexibility index (Phi) is 16.5. The third-order valence-corrected chi connectivity index (χ3v) is 6.13. The van der Waals surface area contributed by atoms with Crippen LogP contribution in [0.1, 0.15) is 60.5 Å². The van der Waals surface area contributed by atoms with Gasteiger partial charge in [0.15, 0.2) is 6.04 Å². The predicted molar refractivity (Wildman–Crippen MR) is 158 cm³/mol. The van der Waals surface area contributed by atoms with Crippen molar-refractivity contribution in [3.05, 3.63) is 60.2 Å². The largest absolute Gasteiger partial charge is 0.467 e. The van der Waals surface area contributed by atoms with E-state index < -0.39 is 23.7 Å². The van der Waals surface area contributed by atoms with E-state index in [4.69, 9.17) is 23.7 Å². The topological polar surface area (TPSA) is 92.3 Å². The normalized spacial score (nSPS) is 15.2. The molecule has 0 spiro atoms. The Labute approximate surface area is 241 Å². The highest BCUT2D eigenvalue weighted by molar-refractivity contribution is 5.81. The van der Waals surface area contributed by atoms with Crippen LogP contribution >= 0.6 is 0 Å². The molecule has 0 aliphatic heterocycles. The van der Waals surface area contributed by atoms with Crippen molar-refractivity contribution in [3.8, 4) is 0 Å². The van der Waals surface area contributed by atoms with Crippen LogP contribution in [0.3, 0.4) is 0 Å². The zero-order chi connectivity index (χ0) is 30.1. The number of methoxy groups -OCH3 is 1. The molecular formula is C32H51NO7. The average molecular weight is 562 g/mol. The van der Waals surface area contributed by atoms with E-state index in [1.165, 1.54) is 12.7 Å². The Balaban J connectivity index is 3.00. The number of benzene rings is 1. The summed E-state index contributed by atoms with van der Waals surface area (Å²) in [5.41, 5.74) is 1.51. The Morgan fingerprint density at radius 3 is 2.27 bits per heavy atom. The monoisotopic (exact) mass is 561 g/mol. The van der Waals surface area contributed by atoms with Crippen LogP contribution in [-0.4, -0.2) is 69.5 Å². The second-order valence-electron chi connectivity index (χ2n) is 11.3. The molecule has 1 amide bonds. The van der Waals surface area contributed by atoms with Gasteiger partial charge in [0, 0.05) is 13.2 Å². The number of ether oxygens (including phenoxy) is 5. The van der Waals surface area contributed by atoms with Gasteiger partial charge < -0.3 is 29.0 Å². The van der Waals surface area contributed by atoms with Crippen LogP contribution < -0.4 is 5.32 Å². The van der Waals surface area contributed by atoms with Crippen LogP contribution in [0.5, 0.6) is 0 Å². The van der Waals surface area contributed by atoms with Crippen LogP contribution in [-0.2, 0) is 34.9 Å². The molecule has 4 atom stereocenters. The molecule has 0 saturated carbocycles.